The van der Waals surface area contributed by atoms with Gasteiger partial charge in [0, 0.05) is 11.8 Å². The second kappa shape index (κ2) is 8.54. The first-order valence-electron chi connectivity index (χ1n) is 12.3. The third-order valence-corrected chi connectivity index (χ3v) is 11.7. The molecule has 9 nitrogen and oxygen atoms in total. The van der Waals surface area contributed by atoms with Gasteiger partial charge in [0.05, 0.1) is 35.9 Å². The van der Waals surface area contributed by atoms with Crippen molar-refractivity contribution in [1.29, 1.82) is 0 Å². The van der Waals surface area contributed by atoms with E-state index in [2.05, 4.69) is 48.8 Å². The van der Waals surface area contributed by atoms with E-state index in [1.54, 1.807) is 11.1 Å². The molecule has 0 spiro atoms. The number of carbonyl (C=O) groups excluding carboxylic acids is 1. The number of amides is 1. The van der Waals surface area contributed by atoms with Crippen molar-refractivity contribution in [2.45, 2.75) is 109 Å². The molecule has 0 aliphatic carbocycles. The lowest BCUT2D eigenvalue weighted by Crippen LogP contribution is -2.50. The second-order valence-corrected chi connectivity index (χ2v) is 17.4. The van der Waals surface area contributed by atoms with Gasteiger partial charge in [0.15, 0.2) is 14.1 Å². The van der Waals surface area contributed by atoms with E-state index < -0.39 is 37.9 Å². The van der Waals surface area contributed by atoms with Gasteiger partial charge in [-0.2, -0.15) is 0 Å². The fourth-order valence-electron chi connectivity index (χ4n) is 4.57. The number of hydrogen-bond acceptors (Lipinski definition) is 7. The maximum atomic E-state index is 13.7. The Hall–Kier alpha value is -2.01. The van der Waals surface area contributed by atoms with E-state index in [-0.39, 0.29) is 17.2 Å². The molecule has 2 aliphatic heterocycles. The lowest BCUT2D eigenvalue weighted by atomic mass is 10.0. The van der Waals surface area contributed by atoms with Crippen LogP contribution in [0.1, 0.15) is 67.0 Å². The number of likely N-dealkylation sites (tertiary alicyclic amines) is 1. The molecule has 2 fully saturated rings. The van der Waals surface area contributed by atoms with Gasteiger partial charge in [-0.25, -0.2) is 14.8 Å². The lowest BCUT2D eigenvalue weighted by molar-refractivity contribution is -0.168. The SMILES string of the molecule is CC(C)(C)OC(=O)N1[C@H](CO[Si](C)(C)C(C)(C)C)[C@H]2OC(C)(C)O[C@H]2[C@@H]1c1c[nH]c2cncnc12. The van der Waals surface area contributed by atoms with Gasteiger partial charge in [-0.3, -0.25) is 4.90 Å². The van der Waals surface area contributed by atoms with Gasteiger partial charge in [-0.15, -0.1) is 0 Å². The summed E-state index contributed by atoms with van der Waals surface area (Å²) >= 11 is 0. The summed E-state index contributed by atoms with van der Waals surface area (Å²) in [7, 11) is -2.10. The number of ether oxygens (including phenoxy) is 3. The molecule has 0 unspecified atom stereocenters. The number of carbonyl (C=O) groups is 1. The van der Waals surface area contributed by atoms with Crippen LogP contribution in [0.4, 0.5) is 4.79 Å². The Balaban J connectivity index is 1.79. The summed E-state index contributed by atoms with van der Waals surface area (Å²) < 4.78 is 25.4. The fraction of sp³-hybridized carbons (Fsp3) is 0.720. The maximum Gasteiger partial charge on any atom is 0.411 e. The summed E-state index contributed by atoms with van der Waals surface area (Å²) in [5.74, 6) is -0.788. The molecule has 0 aromatic carbocycles. The topological polar surface area (TPSA) is 98.8 Å². The first kappa shape index (κ1) is 26.1. The van der Waals surface area contributed by atoms with Gasteiger partial charge >= 0.3 is 6.09 Å². The number of nitrogens with one attached hydrogen (secondary N) is 1. The van der Waals surface area contributed by atoms with Gasteiger partial charge in [0.2, 0.25) is 0 Å². The molecule has 4 heterocycles. The summed E-state index contributed by atoms with van der Waals surface area (Å²) in [5, 5.41) is 0.0290. The number of hydrogen-bond donors (Lipinski definition) is 1. The molecule has 4 rings (SSSR count). The van der Waals surface area contributed by atoms with E-state index in [4.69, 9.17) is 18.6 Å². The molecule has 194 valence electrons. The Morgan fingerprint density at radius 1 is 1.17 bits per heavy atom. The highest BCUT2D eigenvalue weighted by atomic mass is 28.4. The number of H-pyrrole nitrogens is 1. The number of nitrogens with zero attached hydrogens (tertiary/aromatic N) is 3. The number of aromatic nitrogens is 3. The Morgan fingerprint density at radius 2 is 1.83 bits per heavy atom. The predicted molar refractivity (Wildman–Crippen MR) is 135 cm³/mol. The van der Waals surface area contributed by atoms with Crippen molar-refractivity contribution in [3.63, 3.8) is 0 Å². The predicted octanol–water partition coefficient (Wildman–Crippen LogP) is 5.16. The zero-order valence-electron chi connectivity index (χ0n) is 22.6. The minimum absolute atomic E-state index is 0.0290. The van der Waals surface area contributed by atoms with E-state index >= 15 is 0 Å². The van der Waals surface area contributed by atoms with E-state index in [0.717, 1.165) is 16.6 Å². The highest BCUT2D eigenvalue weighted by Gasteiger charge is 2.61. The first-order chi connectivity index (χ1) is 16.0. The minimum Gasteiger partial charge on any atom is -0.444 e. The molecule has 1 amide bonds. The molecule has 0 bridgehead atoms. The zero-order valence-corrected chi connectivity index (χ0v) is 23.6. The third kappa shape index (κ3) is 4.98. The largest absolute Gasteiger partial charge is 0.444 e. The second-order valence-electron chi connectivity index (χ2n) is 12.6. The molecule has 2 saturated heterocycles. The van der Waals surface area contributed by atoms with Crippen molar-refractivity contribution >= 4 is 25.4 Å². The molecule has 1 N–H and O–H groups in total. The Bertz CT molecular complexity index is 1090. The van der Waals surface area contributed by atoms with Crippen molar-refractivity contribution in [3.05, 3.63) is 24.3 Å². The van der Waals surface area contributed by atoms with Gasteiger partial charge in [-0.1, -0.05) is 20.8 Å². The monoisotopic (exact) mass is 504 g/mol. The lowest BCUT2D eigenvalue weighted by Gasteiger charge is -2.39. The van der Waals surface area contributed by atoms with Crippen LogP contribution in [0.3, 0.4) is 0 Å². The molecule has 2 aromatic heterocycles. The molecular formula is C25H40N4O5Si. The molecule has 10 heteroatoms. The van der Waals surface area contributed by atoms with E-state index in [1.807, 2.05) is 40.8 Å². The van der Waals surface area contributed by atoms with Gasteiger partial charge in [0.25, 0.3) is 0 Å². The average molecular weight is 505 g/mol. The number of fused-ring (bicyclic) bond motifs is 2. The van der Waals surface area contributed by atoms with Crippen LogP contribution in [0.2, 0.25) is 18.1 Å². The zero-order chi connectivity index (χ0) is 26.0. The summed E-state index contributed by atoms with van der Waals surface area (Å²) in [5.41, 5.74) is 1.73. The fourth-order valence-corrected chi connectivity index (χ4v) is 5.59. The molecule has 2 aliphatic rings. The van der Waals surface area contributed by atoms with Crippen LogP contribution < -0.4 is 0 Å². The van der Waals surface area contributed by atoms with Gasteiger partial charge in [-0.05, 0) is 52.8 Å². The van der Waals surface area contributed by atoms with Crippen LogP contribution in [0.5, 0.6) is 0 Å². The summed E-state index contributed by atoms with van der Waals surface area (Å²) in [6.45, 7) is 20.8. The number of rotatable bonds is 4. The Morgan fingerprint density at radius 3 is 2.46 bits per heavy atom. The van der Waals surface area contributed by atoms with Crippen molar-refractivity contribution in [2.75, 3.05) is 6.61 Å². The third-order valence-electron chi connectivity index (χ3n) is 7.22. The Kier molecular flexibility index (Phi) is 6.36. The number of aromatic amines is 1. The standard InChI is InChI=1S/C25H40N4O5Si/c1-23(2,3)34-22(30)29-17(13-31-35(9,10)24(4,5)6)20-21(33-25(7,8)32-20)19(29)15-11-27-16-12-26-14-28-18(15)16/h11-12,14,17,19-21,27H,13H2,1-10H3/t17-,19+,20-,21+/m1/s1. The van der Waals surface area contributed by atoms with Crippen molar-refractivity contribution < 1.29 is 23.4 Å². The molecule has 4 atom stereocenters. The van der Waals surface area contributed by atoms with Crippen LogP contribution in [-0.4, -0.2) is 70.5 Å². The van der Waals surface area contributed by atoms with E-state index in [1.165, 1.54) is 6.33 Å². The molecule has 2 aromatic rings. The van der Waals surface area contributed by atoms with E-state index in [0.29, 0.717) is 6.61 Å². The highest BCUT2D eigenvalue weighted by Crippen LogP contribution is 2.49. The highest BCUT2D eigenvalue weighted by molar-refractivity contribution is 6.74. The smallest absolute Gasteiger partial charge is 0.411 e. The summed E-state index contributed by atoms with van der Waals surface area (Å²) in [6.07, 6.45) is 3.92. The van der Waals surface area contributed by atoms with Crippen LogP contribution in [0, 0.1) is 0 Å². The van der Waals surface area contributed by atoms with E-state index in [9.17, 15) is 4.79 Å². The molecule has 0 saturated carbocycles. The first-order valence-corrected chi connectivity index (χ1v) is 15.2. The van der Waals surface area contributed by atoms with Gasteiger partial charge in [0.1, 0.15) is 24.1 Å². The molecule has 35 heavy (non-hydrogen) atoms. The summed E-state index contributed by atoms with van der Waals surface area (Å²) in [6, 6.07) is -0.851. The Labute approximate surface area is 209 Å². The van der Waals surface area contributed by atoms with Crippen LogP contribution >= 0.6 is 0 Å². The molecule has 0 radical (unpaired) electrons. The summed E-state index contributed by atoms with van der Waals surface area (Å²) in [4.78, 5) is 27.4. The van der Waals surface area contributed by atoms with Gasteiger partial charge < -0.3 is 23.6 Å². The average Bonchev–Trinajstić information content (AvgIpc) is 3.33. The van der Waals surface area contributed by atoms with Crippen molar-refractivity contribution in [1.82, 2.24) is 19.9 Å². The van der Waals surface area contributed by atoms with Crippen LogP contribution in [-0.2, 0) is 18.6 Å². The normalized spacial score (nSPS) is 26.9. The quantitative estimate of drug-likeness (QED) is 0.574. The minimum atomic E-state index is -2.10. The van der Waals surface area contributed by atoms with Crippen molar-refractivity contribution in [3.8, 4) is 0 Å². The van der Waals surface area contributed by atoms with Crippen LogP contribution in [0.15, 0.2) is 18.7 Å². The molecular weight excluding hydrogens is 464 g/mol. The maximum absolute atomic E-state index is 13.7. The van der Waals surface area contributed by atoms with Crippen molar-refractivity contribution in [2.24, 2.45) is 0 Å². The van der Waals surface area contributed by atoms with Crippen LogP contribution in [0.25, 0.3) is 11.0 Å².